The zero-order chi connectivity index (χ0) is 15.1. The zero-order valence-electron chi connectivity index (χ0n) is 12.1. The first-order valence-corrected chi connectivity index (χ1v) is 6.72. The van der Waals surface area contributed by atoms with Crippen molar-refractivity contribution in [2.24, 2.45) is 5.92 Å². The molecule has 0 saturated carbocycles. The summed E-state index contributed by atoms with van der Waals surface area (Å²) in [5.41, 5.74) is 0. The molecule has 0 radical (unpaired) electrons. The molecule has 20 heavy (non-hydrogen) atoms. The highest BCUT2D eigenvalue weighted by Crippen LogP contribution is 2.06. The first-order valence-electron chi connectivity index (χ1n) is 6.72. The van der Waals surface area contributed by atoms with E-state index in [2.05, 4.69) is 10.6 Å². The fourth-order valence-corrected chi connectivity index (χ4v) is 1.81. The van der Waals surface area contributed by atoms with E-state index in [0.717, 1.165) is 18.6 Å². The van der Waals surface area contributed by atoms with Crippen molar-refractivity contribution in [1.82, 2.24) is 10.6 Å². The van der Waals surface area contributed by atoms with Crippen molar-refractivity contribution in [2.75, 3.05) is 0 Å². The van der Waals surface area contributed by atoms with Gasteiger partial charge in [0.05, 0.1) is 6.26 Å². The van der Waals surface area contributed by atoms with Crippen molar-refractivity contribution in [3.05, 3.63) is 24.2 Å². The topological polar surface area (TPSA) is 91.6 Å². The number of carbonyl (C=O) groups is 2. The molecule has 2 amide bonds. The summed E-state index contributed by atoms with van der Waals surface area (Å²) < 4.78 is 5.21. The van der Waals surface area contributed by atoms with Gasteiger partial charge in [-0.1, -0.05) is 13.8 Å². The quantitative estimate of drug-likeness (QED) is 0.713. The Kier molecular flexibility index (Phi) is 6.09. The Morgan fingerprint density at radius 3 is 2.50 bits per heavy atom. The summed E-state index contributed by atoms with van der Waals surface area (Å²) in [5.74, 6) is -0.334. The number of hydrogen-bond donors (Lipinski definition) is 3. The Bertz CT molecular complexity index is 428. The molecule has 0 aromatic carbocycles. The van der Waals surface area contributed by atoms with Gasteiger partial charge in [0, 0.05) is 12.5 Å². The van der Waals surface area contributed by atoms with Crippen LogP contribution < -0.4 is 10.6 Å². The van der Waals surface area contributed by atoms with Crippen LogP contribution in [0.3, 0.4) is 0 Å². The highest BCUT2D eigenvalue weighted by molar-refractivity contribution is 5.82. The first-order chi connectivity index (χ1) is 9.40. The number of carbonyl (C=O) groups excluding carboxylic acids is 1. The van der Waals surface area contributed by atoms with E-state index in [-0.39, 0.29) is 12.0 Å². The maximum absolute atomic E-state index is 11.7. The van der Waals surface area contributed by atoms with Crippen LogP contribution in [0.2, 0.25) is 0 Å². The van der Waals surface area contributed by atoms with E-state index >= 15 is 0 Å². The number of aryl methyl sites for hydroxylation is 1. The standard InChI is InChI=1S/C14H22N2O4/c1-9(2)12(13(17)18)16-14(19)15-10(3)6-7-11-5-4-8-20-11/h4-5,8-10,12H,6-7H2,1-3H3,(H,17,18)(H2,15,16,19). The number of rotatable bonds is 7. The fraction of sp³-hybridized carbons (Fsp3) is 0.571. The monoisotopic (exact) mass is 282 g/mol. The summed E-state index contributed by atoms with van der Waals surface area (Å²) >= 11 is 0. The molecule has 1 aromatic rings. The number of furan rings is 1. The van der Waals surface area contributed by atoms with Crippen LogP contribution in [0.1, 0.15) is 33.0 Å². The van der Waals surface area contributed by atoms with E-state index in [4.69, 9.17) is 9.52 Å². The minimum Gasteiger partial charge on any atom is -0.480 e. The van der Waals surface area contributed by atoms with Gasteiger partial charge >= 0.3 is 12.0 Å². The predicted molar refractivity (Wildman–Crippen MR) is 74.4 cm³/mol. The second-order valence-corrected chi connectivity index (χ2v) is 5.20. The molecule has 0 aliphatic heterocycles. The number of nitrogens with one attached hydrogen (secondary N) is 2. The van der Waals surface area contributed by atoms with Gasteiger partial charge in [0.1, 0.15) is 11.8 Å². The third-order valence-electron chi connectivity index (χ3n) is 3.00. The van der Waals surface area contributed by atoms with Crippen molar-refractivity contribution in [1.29, 1.82) is 0 Å². The normalized spacial score (nSPS) is 13.8. The second-order valence-electron chi connectivity index (χ2n) is 5.20. The number of hydrogen-bond acceptors (Lipinski definition) is 3. The molecule has 6 heteroatoms. The Labute approximate surface area is 118 Å². The lowest BCUT2D eigenvalue weighted by molar-refractivity contribution is -0.140. The molecular formula is C14H22N2O4. The van der Waals surface area contributed by atoms with Gasteiger partial charge in [0.2, 0.25) is 0 Å². The SMILES string of the molecule is CC(CCc1ccco1)NC(=O)NC(C(=O)O)C(C)C. The van der Waals surface area contributed by atoms with Crippen LogP contribution in [0.25, 0.3) is 0 Å². The maximum Gasteiger partial charge on any atom is 0.326 e. The minimum atomic E-state index is -1.03. The molecule has 2 atom stereocenters. The lowest BCUT2D eigenvalue weighted by atomic mass is 10.1. The number of carboxylic acid groups (broad SMARTS) is 1. The van der Waals surface area contributed by atoms with Gasteiger partial charge in [-0.3, -0.25) is 0 Å². The van der Waals surface area contributed by atoms with Gasteiger partial charge < -0.3 is 20.2 Å². The van der Waals surface area contributed by atoms with E-state index in [9.17, 15) is 9.59 Å². The van der Waals surface area contributed by atoms with E-state index in [0.29, 0.717) is 0 Å². The summed E-state index contributed by atoms with van der Waals surface area (Å²) in [7, 11) is 0. The molecule has 1 aromatic heterocycles. The Hall–Kier alpha value is -1.98. The maximum atomic E-state index is 11.7. The number of carboxylic acids is 1. The van der Waals surface area contributed by atoms with Crippen molar-refractivity contribution < 1.29 is 19.1 Å². The summed E-state index contributed by atoms with van der Waals surface area (Å²) in [6.07, 6.45) is 3.06. The summed E-state index contributed by atoms with van der Waals surface area (Å²) in [6.45, 7) is 5.37. The molecule has 0 spiro atoms. The Balaban J connectivity index is 2.35. The van der Waals surface area contributed by atoms with Crippen LogP contribution >= 0.6 is 0 Å². The van der Waals surface area contributed by atoms with E-state index in [1.807, 2.05) is 19.1 Å². The average Bonchev–Trinajstić information content (AvgIpc) is 2.85. The van der Waals surface area contributed by atoms with Crippen molar-refractivity contribution in [2.45, 2.75) is 45.7 Å². The van der Waals surface area contributed by atoms with E-state index in [1.54, 1.807) is 20.1 Å². The first kappa shape index (κ1) is 16.1. The van der Waals surface area contributed by atoms with Gasteiger partial charge in [0.25, 0.3) is 0 Å². The Morgan fingerprint density at radius 1 is 1.30 bits per heavy atom. The van der Waals surface area contributed by atoms with Gasteiger partial charge in [-0.2, -0.15) is 0 Å². The molecule has 2 unspecified atom stereocenters. The highest BCUT2D eigenvalue weighted by atomic mass is 16.4. The van der Waals surface area contributed by atoms with Crippen molar-refractivity contribution >= 4 is 12.0 Å². The molecular weight excluding hydrogens is 260 g/mol. The van der Waals surface area contributed by atoms with Crippen LogP contribution in [0, 0.1) is 5.92 Å². The fourth-order valence-electron chi connectivity index (χ4n) is 1.81. The molecule has 3 N–H and O–H groups in total. The lowest BCUT2D eigenvalue weighted by Crippen LogP contribution is -2.50. The van der Waals surface area contributed by atoms with Gasteiger partial charge in [-0.15, -0.1) is 0 Å². The van der Waals surface area contributed by atoms with E-state index < -0.39 is 18.0 Å². The summed E-state index contributed by atoms with van der Waals surface area (Å²) in [5, 5.41) is 14.2. The van der Waals surface area contributed by atoms with Crippen LogP contribution in [0.15, 0.2) is 22.8 Å². The smallest absolute Gasteiger partial charge is 0.326 e. The Morgan fingerprint density at radius 2 is 2.00 bits per heavy atom. The molecule has 0 fully saturated rings. The molecule has 0 aliphatic rings. The molecule has 6 nitrogen and oxygen atoms in total. The number of urea groups is 1. The van der Waals surface area contributed by atoms with Crippen LogP contribution in [-0.2, 0) is 11.2 Å². The van der Waals surface area contributed by atoms with Crippen LogP contribution in [0.5, 0.6) is 0 Å². The van der Waals surface area contributed by atoms with E-state index in [1.165, 1.54) is 0 Å². The molecule has 112 valence electrons. The number of aliphatic carboxylic acids is 1. The van der Waals surface area contributed by atoms with Crippen LogP contribution in [-0.4, -0.2) is 29.2 Å². The van der Waals surface area contributed by atoms with Gasteiger partial charge in [-0.25, -0.2) is 9.59 Å². The third kappa shape index (κ3) is 5.34. The van der Waals surface area contributed by atoms with Gasteiger partial charge in [-0.05, 0) is 31.4 Å². The molecule has 1 rings (SSSR count). The van der Waals surface area contributed by atoms with Crippen molar-refractivity contribution in [3.63, 3.8) is 0 Å². The average molecular weight is 282 g/mol. The lowest BCUT2D eigenvalue weighted by Gasteiger charge is -2.20. The van der Waals surface area contributed by atoms with Gasteiger partial charge in [0.15, 0.2) is 0 Å². The summed E-state index contributed by atoms with van der Waals surface area (Å²) in [6, 6.07) is 2.29. The molecule has 0 bridgehead atoms. The summed E-state index contributed by atoms with van der Waals surface area (Å²) in [4.78, 5) is 22.7. The number of amides is 2. The largest absolute Gasteiger partial charge is 0.480 e. The minimum absolute atomic E-state index is 0.0679. The molecule has 1 heterocycles. The highest BCUT2D eigenvalue weighted by Gasteiger charge is 2.23. The molecule has 0 aliphatic carbocycles. The second kappa shape index (κ2) is 7.57. The zero-order valence-corrected chi connectivity index (χ0v) is 12.1. The third-order valence-corrected chi connectivity index (χ3v) is 3.00. The molecule has 0 saturated heterocycles. The van der Waals surface area contributed by atoms with Crippen molar-refractivity contribution in [3.8, 4) is 0 Å². The predicted octanol–water partition coefficient (Wildman–Crippen LogP) is 2.01. The van der Waals surface area contributed by atoms with Crippen LogP contribution in [0.4, 0.5) is 4.79 Å².